The van der Waals surface area contributed by atoms with E-state index >= 15 is 0 Å². The summed E-state index contributed by atoms with van der Waals surface area (Å²) in [4.78, 5) is 10.1. The summed E-state index contributed by atoms with van der Waals surface area (Å²) in [7, 11) is 0. The summed E-state index contributed by atoms with van der Waals surface area (Å²) in [6, 6.07) is 0.453. The second-order valence-electron chi connectivity index (χ2n) is 3.71. The van der Waals surface area contributed by atoms with Gasteiger partial charge in [0.2, 0.25) is 5.28 Å². The molecule has 82 valence electrons. The average molecular weight is 228 g/mol. The standard InChI is InChI=1S/C9H14ClN5/c1-6-5-15(3-2-12-6)7-4-13-9(10)14-8(7)11/h4,6,12H,2-3,5H2,1H3,(H2,11,13,14). The second-order valence-corrected chi connectivity index (χ2v) is 4.05. The summed E-state index contributed by atoms with van der Waals surface area (Å²) in [6.45, 7) is 4.91. The number of hydrogen-bond donors (Lipinski definition) is 2. The lowest BCUT2D eigenvalue weighted by molar-refractivity contribution is 0.484. The van der Waals surface area contributed by atoms with Crippen molar-refractivity contribution < 1.29 is 0 Å². The van der Waals surface area contributed by atoms with Gasteiger partial charge in [0.1, 0.15) is 0 Å². The molecular formula is C9H14ClN5. The van der Waals surface area contributed by atoms with Crippen LogP contribution in [0.1, 0.15) is 6.92 Å². The predicted molar refractivity (Wildman–Crippen MR) is 61.1 cm³/mol. The Morgan fingerprint density at radius 3 is 3.13 bits per heavy atom. The highest BCUT2D eigenvalue weighted by molar-refractivity contribution is 6.28. The molecular weight excluding hydrogens is 214 g/mol. The molecule has 1 aliphatic rings. The summed E-state index contributed by atoms with van der Waals surface area (Å²) in [5.74, 6) is 0.448. The van der Waals surface area contributed by atoms with Gasteiger partial charge in [-0.1, -0.05) is 0 Å². The Kier molecular flexibility index (Phi) is 2.93. The van der Waals surface area contributed by atoms with Crippen molar-refractivity contribution in [2.24, 2.45) is 0 Å². The van der Waals surface area contributed by atoms with Gasteiger partial charge in [0, 0.05) is 25.7 Å². The number of nitrogen functional groups attached to an aromatic ring is 1. The van der Waals surface area contributed by atoms with Crippen LogP contribution in [0.25, 0.3) is 0 Å². The molecule has 0 aromatic carbocycles. The smallest absolute Gasteiger partial charge is 0.224 e. The molecule has 0 bridgehead atoms. The predicted octanol–water partition coefficient (Wildman–Crippen LogP) is 0.510. The van der Waals surface area contributed by atoms with Gasteiger partial charge in [-0.15, -0.1) is 0 Å². The minimum absolute atomic E-state index is 0.194. The Labute approximate surface area is 93.6 Å². The molecule has 1 unspecified atom stereocenters. The molecule has 1 fully saturated rings. The van der Waals surface area contributed by atoms with E-state index in [9.17, 15) is 0 Å². The number of nitrogens with one attached hydrogen (secondary N) is 1. The van der Waals surface area contributed by atoms with Crippen molar-refractivity contribution in [1.82, 2.24) is 15.3 Å². The molecule has 1 aliphatic heterocycles. The Morgan fingerprint density at radius 1 is 1.67 bits per heavy atom. The van der Waals surface area contributed by atoms with Crippen LogP contribution in [0.3, 0.4) is 0 Å². The summed E-state index contributed by atoms with van der Waals surface area (Å²) >= 11 is 5.65. The first-order valence-electron chi connectivity index (χ1n) is 4.93. The molecule has 15 heavy (non-hydrogen) atoms. The number of halogens is 1. The molecule has 1 saturated heterocycles. The molecule has 0 saturated carbocycles. The van der Waals surface area contributed by atoms with E-state index in [4.69, 9.17) is 17.3 Å². The lowest BCUT2D eigenvalue weighted by Crippen LogP contribution is -2.49. The Hall–Kier alpha value is -1.07. The second kappa shape index (κ2) is 4.20. The average Bonchev–Trinajstić information content (AvgIpc) is 2.17. The van der Waals surface area contributed by atoms with Crippen molar-refractivity contribution in [2.75, 3.05) is 30.3 Å². The first-order valence-corrected chi connectivity index (χ1v) is 5.31. The van der Waals surface area contributed by atoms with Gasteiger partial charge in [0.25, 0.3) is 0 Å². The molecule has 0 spiro atoms. The van der Waals surface area contributed by atoms with Crippen molar-refractivity contribution in [3.63, 3.8) is 0 Å². The fraction of sp³-hybridized carbons (Fsp3) is 0.556. The zero-order chi connectivity index (χ0) is 10.8. The highest BCUT2D eigenvalue weighted by Gasteiger charge is 2.18. The van der Waals surface area contributed by atoms with Crippen LogP contribution in [-0.2, 0) is 0 Å². The van der Waals surface area contributed by atoms with E-state index in [1.54, 1.807) is 6.20 Å². The van der Waals surface area contributed by atoms with Gasteiger partial charge in [-0.05, 0) is 18.5 Å². The molecule has 2 rings (SSSR count). The Balaban J connectivity index is 2.21. The van der Waals surface area contributed by atoms with E-state index in [0.717, 1.165) is 25.3 Å². The molecule has 2 heterocycles. The highest BCUT2D eigenvalue weighted by atomic mass is 35.5. The lowest BCUT2D eigenvalue weighted by Gasteiger charge is -2.33. The minimum atomic E-state index is 0.194. The number of hydrogen-bond acceptors (Lipinski definition) is 5. The van der Waals surface area contributed by atoms with Crippen molar-refractivity contribution >= 4 is 23.1 Å². The number of piperazine rings is 1. The largest absolute Gasteiger partial charge is 0.382 e. The molecule has 5 nitrogen and oxygen atoms in total. The first kappa shape index (κ1) is 10.4. The van der Waals surface area contributed by atoms with Gasteiger partial charge in [-0.25, -0.2) is 4.98 Å². The number of aromatic nitrogens is 2. The van der Waals surface area contributed by atoms with Crippen LogP contribution in [0, 0.1) is 0 Å². The van der Waals surface area contributed by atoms with Crippen LogP contribution in [-0.4, -0.2) is 35.6 Å². The zero-order valence-corrected chi connectivity index (χ0v) is 9.33. The third-order valence-electron chi connectivity index (χ3n) is 2.48. The van der Waals surface area contributed by atoms with E-state index in [-0.39, 0.29) is 5.28 Å². The van der Waals surface area contributed by atoms with Crippen LogP contribution in [0.4, 0.5) is 11.5 Å². The Bertz CT molecular complexity index is 356. The quantitative estimate of drug-likeness (QED) is 0.685. The van der Waals surface area contributed by atoms with Crippen LogP contribution >= 0.6 is 11.6 Å². The SMILES string of the molecule is CC1CN(c2cnc(Cl)nc2N)CCN1. The van der Waals surface area contributed by atoms with Gasteiger partial charge in [0.15, 0.2) is 5.82 Å². The van der Waals surface area contributed by atoms with Crippen LogP contribution in [0.5, 0.6) is 0 Å². The van der Waals surface area contributed by atoms with E-state index in [0.29, 0.717) is 11.9 Å². The number of anilines is 2. The maximum Gasteiger partial charge on any atom is 0.224 e. The first-order chi connectivity index (χ1) is 7.16. The van der Waals surface area contributed by atoms with Gasteiger partial charge < -0.3 is 16.0 Å². The fourth-order valence-electron chi connectivity index (χ4n) is 1.76. The van der Waals surface area contributed by atoms with Crippen LogP contribution < -0.4 is 16.0 Å². The molecule has 0 radical (unpaired) electrons. The zero-order valence-electron chi connectivity index (χ0n) is 8.57. The number of rotatable bonds is 1. The van der Waals surface area contributed by atoms with Crippen molar-refractivity contribution in [2.45, 2.75) is 13.0 Å². The molecule has 6 heteroatoms. The molecule has 1 aromatic rings. The summed E-state index contributed by atoms with van der Waals surface area (Å²) in [5, 5.41) is 3.56. The van der Waals surface area contributed by atoms with Gasteiger partial charge in [0.05, 0.1) is 11.9 Å². The van der Waals surface area contributed by atoms with Crippen LogP contribution in [0.15, 0.2) is 6.20 Å². The van der Waals surface area contributed by atoms with Crippen molar-refractivity contribution in [1.29, 1.82) is 0 Å². The van der Waals surface area contributed by atoms with E-state index in [2.05, 4.69) is 27.1 Å². The van der Waals surface area contributed by atoms with Gasteiger partial charge in [-0.3, -0.25) is 0 Å². The highest BCUT2D eigenvalue weighted by Crippen LogP contribution is 2.22. The van der Waals surface area contributed by atoms with Gasteiger partial charge >= 0.3 is 0 Å². The summed E-state index contributed by atoms with van der Waals surface area (Å²) in [6.07, 6.45) is 1.68. The minimum Gasteiger partial charge on any atom is -0.382 e. The maximum atomic E-state index is 5.80. The molecule has 3 N–H and O–H groups in total. The summed E-state index contributed by atoms with van der Waals surface area (Å²) in [5.41, 5.74) is 6.67. The van der Waals surface area contributed by atoms with E-state index in [1.165, 1.54) is 0 Å². The third kappa shape index (κ3) is 2.30. The van der Waals surface area contributed by atoms with Crippen LogP contribution in [0.2, 0.25) is 5.28 Å². The normalized spacial score (nSPS) is 21.7. The Morgan fingerprint density at radius 2 is 2.47 bits per heavy atom. The molecule has 1 aromatic heterocycles. The van der Waals surface area contributed by atoms with Crippen molar-refractivity contribution in [3.05, 3.63) is 11.5 Å². The third-order valence-corrected chi connectivity index (χ3v) is 2.66. The fourth-order valence-corrected chi connectivity index (χ4v) is 1.90. The number of nitrogens with two attached hydrogens (primary N) is 1. The van der Waals surface area contributed by atoms with E-state index in [1.807, 2.05) is 0 Å². The van der Waals surface area contributed by atoms with Gasteiger partial charge in [-0.2, -0.15) is 4.98 Å². The van der Waals surface area contributed by atoms with Crippen molar-refractivity contribution in [3.8, 4) is 0 Å². The number of nitrogens with zero attached hydrogens (tertiary/aromatic N) is 3. The molecule has 0 aliphatic carbocycles. The topological polar surface area (TPSA) is 67.1 Å². The lowest BCUT2D eigenvalue weighted by atomic mass is 10.2. The molecule has 0 amide bonds. The summed E-state index contributed by atoms with van der Waals surface area (Å²) < 4.78 is 0. The van der Waals surface area contributed by atoms with E-state index < -0.39 is 0 Å². The molecule has 1 atom stereocenters. The monoisotopic (exact) mass is 227 g/mol. The maximum absolute atomic E-state index is 5.80.